The highest BCUT2D eigenvalue weighted by atomic mass is 16.2. The Morgan fingerprint density at radius 2 is 2.07 bits per heavy atom. The smallest absolute Gasteiger partial charge is 0.245 e. The largest absolute Gasteiger partial charge is 0.340 e. The molecule has 0 radical (unpaired) electrons. The number of likely N-dealkylation sites (N-methyl/N-ethyl adjacent to an activating group) is 1. The van der Waals surface area contributed by atoms with Gasteiger partial charge in [-0.2, -0.15) is 0 Å². The van der Waals surface area contributed by atoms with E-state index in [2.05, 4.69) is 16.9 Å². The molecule has 0 aromatic carbocycles. The number of piperidine rings is 1. The molecular weight excluding hydrogens is 342 g/mol. The van der Waals surface area contributed by atoms with E-state index < -0.39 is 0 Å². The van der Waals surface area contributed by atoms with Crippen molar-refractivity contribution in [3.8, 4) is 0 Å². The topological polar surface area (TPSA) is 69.6 Å². The van der Waals surface area contributed by atoms with Gasteiger partial charge in [0.1, 0.15) is 11.9 Å². The van der Waals surface area contributed by atoms with E-state index in [1.54, 1.807) is 4.90 Å². The first-order chi connectivity index (χ1) is 13.0. The van der Waals surface area contributed by atoms with E-state index in [4.69, 9.17) is 4.98 Å². The summed E-state index contributed by atoms with van der Waals surface area (Å²) in [6.45, 7) is 5.92. The highest BCUT2D eigenvalue weighted by Gasteiger charge is 2.34. The predicted molar refractivity (Wildman–Crippen MR) is 101 cm³/mol. The van der Waals surface area contributed by atoms with Gasteiger partial charge in [-0.05, 0) is 33.2 Å². The van der Waals surface area contributed by atoms with Crippen molar-refractivity contribution >= 4 is 11.8 Å². The Morgan fingerprint density at radius 1 is 1.22 bits per heavy atom. The molecule has 0 bridgehead atoms. The molecular formula is C20H29N5O2. The van der Waals surface area contributed by atoms with E-state index >= 15 is 0 Å². The van der Waals surface area contributed by atoms with Crippen LogP contribution in [0.5, 0.6) is 0 Å². The molecule has 2 unspecified atom stereocenters. The minimum absolute atomic E-state index is 0.0644. The second-order valence-corrected chi connectivity index (χ2v) is 8.18. The van der Waals surface area contributed by atoms with E-state index in [9.17, 15) is 9.59 Å². The Bertz CT molecular complexity index is 737. The molecule has 146 valence electrons. The summed E-state index contributed by atoms with van der Waals surface area (Å²) >= 11 is 0. The van der Waals surface area contributed by atoms with E-state index in [0.717, 1.165) is 56.8 Å². The molecule has 7 nitrogen and oxygen atoms in total. The summed E-state index contributed by atoms with van der Waals surface area (Å²) in [4.78, 5) is 40.4. The lowest BCUT2D eigenvalue weighted by molar-refractivity contribution is -0.143. The van der Waals surface area contributed by atoms with E-state index in [0.29, 0.717) is 19.5 Å². The van der Waals surface area contributed by atoms with Crippen molar-refractivity contribution in [3.05, 3.63) is 23.3 Å². The molecule has 27 heavy (non-hydrogen) atoms. The summed E-state index contributed by atoms with van der Waals surface area (Å²) in [6, 6.07) is -0.362. The van der Waals surface area contributed by atoms with Crippen molar-refractivity contribution in [2.24, 2.45) is 0 Å². The van der Waals surface area contributed by atoms with Crippen LogP contribution in [0.3, 0.4) is 0 Å². The zero-order valence-electron chi connectivity index (χ0n) is 16.4. The maximum atomic E-state index is 13.0. The number of hydrogen-bond donors (Lipinski definition) is 0. The van der Waals surface area contributed by atoms with Crippen LogP contribution in [0.1, 0.15) is 55.6 Å². The van der Waals surface area contributed by atoms with Crippen molar-refractivity contribution in [2.75, 3.05) is 33.2 Å². The first kappa shape index (κ1) is 18.3. The molecule has 0 spiro atoms. The lowest BCUT2D eigenvalue weighted by Crippen LogP contribution is -2.50. The van der Waals surface area contributed by atoms with Gasteiger partial charge >= 0.3 is 0 Å². The van der Waals surface area contributed by atoms with Crippen LogP contribution in [-0.2, 0) is 22.6 Å². The molecule has 0 N–H and O–H groups in total. The molecule has 0 saturated carbocycles. The molecule has 7 heteroatoms. The number of aromatic nitrogens is 2. The number of likely N-dealkylation sites (tertiary alicyclic amines) is 2. The number of amides is 2. The van der Waals surface area contributed by atoms with Gasteiger partial charge in [-0.25, -0.2) is 9.97 Å². The van der Waals surface area contributed by atoms with Crippen LogP contribution in [0.2, 0.25) is 0 Å². The van der Waals surface area contributed by atoms with Crippen LogP contribution >= 0.6 is 0 Å². The molecule has 2 saturated heterocycles. The van der Waals surface area contributed by atoms with Gasteiger partial charge in [0, 0.05) is 68.9 Å². The summed E-state index contributed by atoms with van der Waals surface area (Å²) in [6.07, 6.45) is 6.33. The van der Waals surface area contributed by atoms with Gasteiger partial charge < -0.3 is 14.7 Å². The van der Waals surface area contributed by atoms with Crippen molar-refractivity contribution < 1.29 is 9.59 Å². The van der Waals surface area contributed by atoms with Gasteiger partial charge in [0.05, 0.1) is 0 Å². The quantitative estimate of drug-likeness (QED) is 0.798. The Morgan fingerprint density at radius 3 is 2.85 bits per heavy atom. The Labute approximate surface area is 160 Å². The van der Waals surface area contributed by atoms with Crippen molar-refractivity contribution in [2.45, 2.75) is 57.5 Å². The number of carbonyl (C=O) groups is 2. The molecule has 1 aromatic heterocycles. The molecule has 1 aromatic rings. The van der Waals surface area contributed by atoms with Crippen LogP contribution in [0, 0.1) is 0 Å². The second kappa shape index (κ2) is 7.54. The molecule has 2 amide bonds. The van der Waals surface area contributed by atoms with Crippen molar-refractivity contribution in [1.29, 1.82) is 0 Å². The van der Waals surface area contributed by atoms with Crippen LogP contribution in [0.25, 0.3) is 0 Å². The highest BCUT2D eigenvalue weighted by molar-refractivity contribution is 5.88. The average Bonchev–Trinajstić information content (AvgIpc) is 3.12. The Balaban J connectivity index is 1.45. The van der Waals surface area contributed by atoms with Crippen LogP contribution in [0.4, 0.5) is 0 Å². The molecule has 3 aliphatic rings. The molecule has 4 rings (SSSR count). The zero-order valence-corrected chi connectivity index (χ0v) is 16.4. The first-order valence-electron chi connectivity index (χ1n) is 10.1. The lowest BCUT2D eigenvalue weighted by atomic mass is 9.96. The fourth-order valence-electron chi connectivity index (χ4n) is 4.53. The first-order valence-corrected chi connectivity index (χ1v) is 10.1. The standard InChI is InChI=1S/C20H29N5O2/c1-14(25-9-4-6-18(25)26)20(27)24-8-3-5-15(13-24)19-21-11-16-12-23(2)10-7-17(16)22-19/h11,14-15H,3-10,12-13H2,1-2H3. The SMILES string of the molecule is CC(C(=O)N1CCCC(c2ncc3c(n2)CCN(C)C3)C1)N1CCCC1=O. The monoisotopic (exact) mass is 371 g/mol. The normalized spacial score (nSPS) is 24.8. The lowest BCUT2D eigenvalue weighted by Gasteiger charge is -2.36. The minimum Gasteiger partial charge on any atom is -0.340 e. The highest BCUT2D eigenvalue weighted by Crippen LogP contribution is 2.27. The van der Waals surface area contributed by atoms with E-state index in [-0.39, 0.29) is 23.8 Å². The van der Waals surface area contributed by atoms with Crippen LogP contribution in [0.15, 0.2) is 6.20 Å². The van der Waals surface area contributed by atoms with Gasteiger partial charge in [-0.15, -0.1) is 0 Å². The third kappa shape index (κ3) is 3.70. The number of hydrogen-bond acceptors (Lipinski definition) is 5. The number of fused-ring (bicyclic) bond motifs is 1. The fraction of sp³-hybridized carbons (Fsp3) is 0.700. The van der Waals surface area contributed by atoms with Gasteiger partial charge in [0.15, 0.2) is 0 Å². The number of rotatable bonds is 3. The van der Waals surface area contributed by atoms with Crippen molar-refractivity contribution in [1.82, 2.24) is 24.7 Å². The Kier molecular flexibility index (Phi) is 5.12. The fourth-order valence-corrected chi connectivity index (χ4v) is 4.53. The van der Waals surface area contributed by atoms with Gasteiger partial charge in [0.2, 0.25) is 11.8 Å². The van der Waals surface area contributed by atoms with Crippen LogP contribution < -0.4 is 0 Å². The van der Waals surface area contributed by atoms with Gasteiger partial charge in [-0.1, -0.05) is 0 Å². The van der Waals surface area contributed by atoms with Gasteiger partial charge in [0.25, 0.3) is 0 Å². The third-order valence-corrected chi connectivity index (χ3v) is 6.18. The van der Waals surface area contributed by atoms with E-state index in [1.165, 1.54) is 5.56 Å². The summed E-state index contributed by atoms with van der Waals surface area (Å²) in [5, 5.41) is 0. The summed E-state index contributed by atoms with van der Waals surface area (Å²) < 4.78 is 0. The predicted octanol–water partition coefficient (Wildman–Crippen LogP) is 1.18. The molecule has 2 fully saturated rings. The zero-order chi connectivity index (χ0) is 19.0. The molecule has 4 heterocycles. The molecule has 2 atom stereocenters. The van der Waals surface area contributed by atoms with Gasteiger partial charge in [-0.3, -0.25) is 9.59 Å². The second-order valence-electron chi connectivity index (χ2n) is 8.18. The molecule has 0 aliphatic carbocycles. The molecule has 3 aliphatic heterocycles. The third-order valence-electron chi connectivity index (χ3n) is 6.18. The minimum atomic E-state index is -0.362. The summed E-state index contributed by atoms with van der Waals surface area (Å²) in [7, 11) is 2.12. The number of nitrogens with zero attached hydrogens (tertiary/aromatic N) is 5. The summed E-state index contributed by atoms with van der Waals surface area (Å²) in [5.41, 5.74) is 2.38. The van der Waals surface area contributed by atoms with Crippen molar-refractivity contribution in [3.63, 3.8) is 0 Å². The number of carbonyl (C=O) groups excluding carboxylic acids is 2. The summed E-state index contributed by atoms with van der Waals surface area (Å²) in [5.74, 6) is 1.23. The Hall–Kier alpha value is -2.02. The maximum Gasteiger partial charge on any atom is 0.245 e. The van der Waals surface area contributed by atoms with E-state index in [1.807, 2.05) is 18.0 Å². The maximum absolute atomic E-state index is 13.0. The average molecular weight is 371 g/mol. The van der Waals surface area contributed by atoms with Crippen LogP contribution in [-0.4, -0.2) is 75.8 Å².